The molecule has 0 aliphatic heterocycles. The van der Waals surface area contributed by atoms with Crippen molar-refractivity contribution < 1.29 is 0 Å². The summed E-state index contributed by atoms with van der Waals surface area (Å²) < 4.78 is 1.98. The Balaban J connectivity index is 2.36. The van der Waals surface area contributed by atoms with Crippen molar-refractivity contribution in [3.8, 4) is 0 Å². The van der Waals surface area contributed by atoms with Crippen molar-refractivity contribution in [1.29, 1.82) is 0 Å². The second-order valence-corrected chi connectivity index (χ2v) is 4.93. The molecule has 1 N–H and O–H groups in total. The van der Waals surface area contributed by atoms with Gasteiger partial charge in [-0.2, -0.15) is 5.10 Å². The lowest BCUT2D eigenvalue weighted by atomic mass is 9.94. The van der Waals surface area contributed by atoms with Crippen LogP contribution in [0.15, 0.2) is 12.3 Å². The lowest BCUT2D eigenvalue weighted by Crippen LogP contribution is -2.35. The number of nitrogens with one attached hydrogen (secondary N) is 1. The Morgan fingerprint density at radius 3 is 2.71 bits per heavy atom. The number of hydrogen-bond donors (Lipinski definition) is 1. The predicted molar refractivity (Wildman–Crippen MR) is 73.1 cm³/mol. The van der Waals surface area contributed by atoms with Gasteiger partial charge in [-0.1, -0.05) is 20.8 Å². The summed E-state index contributed by atoms with van der Waals surface area (Å²) in [5.41, 5.74) is 1.34. The van der Waals surface area contributed by atoms with E-state index in [4.69, 9.17) is 0 Å². The molecule has 2 unspecified atom stereocenters. The first-order valence-electron chi connectivity index (χ1n) is 6.89. The fourth-order valence-electron chi connectivity index (χ4n) is 2.30. The molecule has 0 aliphatic carbocycles. The van der Waals surface area contributed by atoms with Crippen LogP contribution in [-0.4, -0.2) is 22.4 Å². The van der Waals surface area contributed by atoms with Gasteiger partial charge in [-0.25, -0.2) is 0 Å². The molecule has 1 aromatic rings. The Morgan fingerprint density at radius 2 is 2.18 bits per heavy atom. The van der Waals surface area contributed by atoms with Crippen molar-refractivity contribution >= 4 is 0 Å². The number of nitrogens with zero attached hydrogens (tertiary/aromatic N) is 2. The molecule has 0 fully saturated rings. The highest BCUT2D eigenvalue weighted by Gasteiger charge is 2.14. The molecule has 2 atom stereocenters. The van der Waals surface area contributed by atoms with Gasteiger partial charge < -0.3 is 5.32 Å². The van der Waals surface area contributed by atoms with Crippen molar-refractivity contribution in [2.24, 2.45) is 13.0 Å². The molecule has 3 nitrogen and oxygen atoms in total. The maximum Gasteiger partial charge on any atom is 0.0492 e. The Hall–Kier alpha value is -0.830. The van der Waals surface area contributed by atoms with E-state index in [1.807, 2.05) is 17.9 Å². The van der Waals surface area contributed by atoms with Crippen molar-refractivity contribution in [1.82, 2.24) is 15.1 Å². The van der Waals surface area contributed by atoms with E-state index in [1.165, 1.54) is 25.0 Å². The highest BCUT2D eigenvalue weighted by atomic mass is 15.2. The quantitative estimate of drug-likeness (QED) is 0.753. The smallest absolute Gasteiger partial charge is 0.0492 e. The zero-order valence-electron chi connectivity index (χ0n) is 11.7. The van der Waals surface area contributed by atoms with Gasteiger partial charge in [0.25, 0.3) is 0 Å². The topological polar surface area (TPSA) is 29.9 Å². The standard InChI is InChI=1S/C14H27N3/c1-5-10-15-14(6-2)12(3)7-8-13-9-11-16-17(13)4/h9,11-12,14-15H,5-8,10H2,1-4H3. The van der Waals surface area contributed by atoms with E-state index in [0.29, 0.717) is 6.04 Å². The Morgan fingerprint density at radius 1 is 1.41 bits per heavy atom. The van der Waals surface area contributed by atoms with Gasteiger partial charge in [-0.15, -0.1) is 0 Å². The minimum Gasteiger partial charge on any atom is -0.314 e. The number of rotatable bonds is 8. The van der Waals surface area contributed by atoms with E-state index in [2.05, 4.69) is 37.3 Å². The lowest BCUT2D eigenvalue weighted by Gasteiger charge is -2.24. The predicted octanol–water partition coefficient (Wildman–Crippen LogP) is 2.77. The summed E-state index contributed by atoms with van der Waals surface area (Å²) in [6.45, 7) is 7.98. The number of aryl methyl sites for hydroxylation is 2. The monoisotopic (exact) mass is 237 g/mol. The van der Waals surface area contributed by atoms with E-state index in [1.54, 1.807) is 0 Å². The molecule has 0 aromatic carbocycles. The summed E-state index contributed by atoms with van der Waals surface area (Å²) in [6, 6.07) is 2.77. The van der Waals surface area contributed by atoms with Gasteiger partial charge in [-0.05, 0) is 44.2 Å². The molecule has 1 rings (SSSR count). The first-order valence-corrected chi connectivity index (χ1v) is 6.89. The molecule has 1 heterocycles. The van der Waals surface area contributed by atoms with E-state index >= 15 is 0 Å². The van der Waals surface area contributed by atoms with Crippen LogP contribution in [0, 0.1) is 5.92 Å². The zero-order chi connectivity index (χ0) is 12.7. The Kier molecular flexibility index (Phi) is 6.27. The van der Waals surface area contributed by atoms with Crippen LogP contribution in [0.25, 0.3) is 0 Å². The van der Waals surface area contributed by atoms with Crippen LogP contribution in [0.1, 0.15) is 45.7 Å². The van der Waals surface area contributed by atoms with Crippen molar-refractivity contribution in [3.63, 3.8) is 0 Å². The molecule has 0 spiro atoms. The highest BCUT2D eigenvalue weighted by Crippen LogP contribution is 2.15. The summed E-state index contributed by atoms with van der Waals surface area (Å²) in [5.74, 6) is 0.724. The molecular formula is C14H27N3. The third kappa shape index (κ3) is 4.50. The van der Waals surface area contributed by atoms with Gasteiger partial charge >= 0.3 is 0 Å². The second-order valence-electron chi connectivity index (χ2n) is 4.93. The van der Waals surface area contributed by atoms with Gasteiger partial charge in [0.15, 0.2) is 0 Å². The molecule has 98 valence electrons. The van der Waals surface area contributed by atoms with Crippen LogP contribution in [0.4, 0.5) is 0 Å². The first kappa shape index (κ1) is 14.2. The summed E-state index contributed by atoms with van der Waals surface area (Å²) in [5, 5.41) is 7.85. The minimum atomic E-state index is 0.656. The van der Waals surface area contributed by atoms with Crippen LogP contribution in [-0.2, 0) is 13.5 Å². The molecule has 0 radical (unpaired) electrons. The van der Waals surface area contributed by atoms with Crippen LogP contribution in [0.2, 0.25) is 0 Å². The highest BCUT2D eigenvalue weighted by molar-refractivity contribution is 5.00. The van der Waals surface area contributed by atoms with Gasteiger partial charge in [0.1, 0.15) is 0 Å². The van der Waals surface area contributed by atoms with E-state index in [0.717, 1.165) is 18.9 Å². The lowest BCUT2D eigenvalue weighted by molar-refractivity contribution is 0.347. The summed E-state index contributed by atoms with van der Waals surface area (Å²) in [6.07, 6.45) is 6.67. The van der Waals surface area contributed by atoms with Crippen molar-refractivity contribution in [3.05, 3.63) is 18.0 Å². The number of hydrogen-bond acceptors (Lipinski definition) is 2. The summed E-state index contributed by atoms with van der Waals surface area (Å²) >= 11 is 0. The molecule has 0 bridgehead atoms. The Bertz CT molecular complexity index is 306. The van der Waals surface area contributed by atoms with E-state index in [-0.39, 0.29) is 0 Å². The molecule has 3 heteroatoms. The average molecular weight is 237 g/mol. The summed E-state index contributed by atoms with van der Waals surface area (Å²) in [4.78, 5) is 0. The third-order valence-corrected chi connectivity index (χ3v) is 3.56. The molecule has 0 saturated carbocycles. The average Bonchev–Trinajstić information content (AvgIpc) is 2.73. The molecule has 1 aromatic heterocycles. The summed E-state index contributed by atoms with van der Waals surface area (Å²) in [7, 11) is 2.02. The van der Waals surface area contributed by atoms with Crippen molar-refractivity contribution in [2.75, 3.05) is 6.54 Å². The SMILES string of the molecule is CCCNC(CC)C(C)CCc1ccnn1C. The molecular weight excluding hydrogens is 210 g/mol. The molecule has 0 aliphatic rings. The van der Waals surface area contributed by atoms with Crippen LogP contribution >= 0.6 is 0 Å². The van der Waals surface area contributed by atoms with E-state index in [9.17, 15) is 0 Å². The van der Waals surface area contributed by atoms with Crippen molar-refractivity contribution in [2.45, 2.75) is 52.5 Å². The first-order chi connectivity index (χ1) is 8.19. The van der Waals surface area contributed by atoms with Gasteiger partial charge in [0, 0.05) is 25.0 Å². The maximum atomic E-state index is 4.21. The van der Waals surface area contributed by atoms with Crippen LogP contribution < -0.4 is 5.32 Å². The molecule has 17 heavy (non-hydrogen) atoms. The molecule has 0 amide bonds. The van der Waals surface area contributed by atoms with Crippen LogP contribution in [0.3, 0.4) is 0 Å². The van der Waals surface area contributed by atoms with Gasteiger partial charge in [-0.3, -0.25) is 4.68 Å². The van der Waals surface area contributed by atoms with E-state index < -0.39 is 0 Å². The van der Waals surface area contributed by atoms with Crippen LogP contribution in [0.5, 0.6) is 0 Å². The minimum absolute atomic E-state index is 0.656. The third-order valence-electron chi connectivity index (χ3n) is 3.56. The fraction of sp³-hybridized carbons (Fsp3) is 0.786. The zero-order valence-corrected chi connectivity index (χ0v) is 11.7. The van der Waals surface area contributed by atoms with Gasteiger partial charge in [0.05, 0.1) is 0 Å². The Labute approximate surface area is 106 Å². The number of aromatic nitrogens is 2. The normalized spacial score (nSPS) is 14.8. The molecule has 0 saturated heterocycles. The second kappa shape index (κ2) is 7.49. The largest absolute Gasteiger partial charge is 0.314 e. The maximum absolute atomic E-state index is 4.21. The fourth-order valence-corrected chi connectivity index (χ4v) is 2.30. The van der Waals surface area contributed by atoms with Gasteiger partial charge in [0.2, 0.25) is 0 Å².